The van der Waals surface area contributed by atoms with Crippen molar-refractivity contribution in [3.05, 3.63) is 46.9 Å². The highest BCUT2D eigenvalue weighted by molar-refractivity contribution is 5.92. The van der Waals surface area contributed by atoms with Gasteiger partial charge in [-0.2, -0.15) is 0 Å². The lowest BCUT2D eigenvalue weighted by Gasteiger charge is -2.35. The van der Waals surface area contributed by atoms with Crippen LogP contribution in [0.3, 0.4) is 0 Å². The number of aromatic hydroxyl groups is 1. The molecule has 1 aromatic heterocycles. The van der Waals surface area contributed by atoms with Gasteiger partial charge in [0, 0.05) is 6.54 Å². The summed E-state index contributed by atoms with van der Waals surface area (Å²) in [6.45, 7) is 4.39. The van der Waals surface area contributed by atoms with Crippen molar-refractivity contribution in [1.29, 1.82) is 0 Å². The SMILES string of the molecule is COc1cc2c(cc1O)CCN(C(=O)c1ccc(C)o1)C2C. The molecule has 0 spiro atoms. The van der Waals surface area contributed by atoms with Crippen molar-refractivity contribution in [1.82, 2.24) is 4.90 Å². The Hall–Kier alpha value is -2.43. The second-order valence-corrected chi connectivity index (χ2v) is 5.56. The lowest BCUT2D eigenvalue weighted by atomic mass is 9.92. The van der Waals surface area contributed by atoms with Gasteiger partial charge in [0.25, 0.3) is 5.91 Å². The molecule has 1 unspecified atom stereocenters. The molecular weight excluding hydrogens is 282 g/mol. The molecule has 1 N–H and O–H groups in total. The maximum Gasteiger partial charge on any atom is 0.290 e. The third-order valence-corrected chi connectivity index (χ3v) is 4.19. The van der Waals surface area contributed by atoms with Crippen LogP contribution in [0.15, 0.2) is 28.7 Å². The van der Waals surface area contributed by atoms with Gasteiger partial charge in [-0.25, -0.2) is 0 Å². The van der Waals surface area contributed by atoms with Gasteiger partial charge in [-0.3, -0.25) is 4.79 Å². The van der Waals surface area contributed by atoms with Gasteiger partial charge in [-0.15, -0.1) is 0 Å². The van der Waals surface area contributed by atoms with E-state index >= 15 is 0 Å². The highest BCUT2D eigenvalue weighted by Crippen LogP contribution is 2.37. The normalized spacial score (nSPS) is 17.2. The minimum Gasteiger partial charge on any atom is -0.504 e. The van der Waals surface area contributed by atoms with Crippen LogP contribution in [0, 0.1) is 6.92 Å². The number of carbonyl (C=O) groups is 1. The molecule has 1 aromatic carbocycles. The molecule has 3 rings (SSSR count). The van der Waals surface area contributed by atoms with E-state index in [4.69, 9.17) is 9.15 Å². The molecule has 0 aliphatic carbocycles. The summed E-state index contributed by atoms with van der Waals surface area (Å²) in [5, 5.41) is 9.89. The molecule has 5 heteroatoms. The number of fused-ring (bicyclic) bond motifs is 1. The van der Waals surface area contributed by atoms with Gasteiger partial charge in [-0.1, -0.05) is 0 Å². The van der Waals surface area contributed by atoms with Crippen molar-refractivity contribution in [3.8, 4) is 11.5 Å². The zero-order valence-electron chi connectivity index (χ0n) is 12.9. The number of phenols is 1. The van der Waals surface area contributed by atoms with E-state index in [2.05, 4.69) is 0 Å². The fourth-order valence-electron chi connectivity index (χ4n) is 2.97. The standard InChI is InChI=1S/C17H19NO4/c1-10-4-5-15(22-10)17(20)18-7-6-12-8-14(19)16(21-3)9-13(12)11(18)2/h4-5,8-9,11,19H,6-7H2,1-3H3. The first-order chi connectivity index (χ1) is 10.5. The number of hydrogen-bond donors (Lipinski definition) is 1. The van der Waals surface area contributed by atoms with Crippen LogP contribution in [0.5, 0.6) is 11.5 Å². The quantitative estimate of drug-likeness (QED) is 0.926. The molecule has 1 aliphatic rings. The van der Waals surface area contributed by atoms with Crippen molar-refractivity contribution >= 4 is 5.91 Å². The number of ether oxygens (including phenoxy) is 1. The molecule has 0 saturated carbocycles. The van der Waals surface area contributed by atoms with E-state index in [1.165, 1.54) is 7.11 Å². The van der Waals surface area contributed by atoms with Crippen molar-refractivity contribution in [2.75, 3.05) is 13.7 Å². The summed E-state index contributed by atoms with van der Waals surface area (Å²) in [6, 6.07) is 6.93. The topological polar surface area (TPSA) is 62.9 Å². The summed E-state index contributed by atoms with van der Waals surface area (Å²) in [5.74, 6) is 1.53. The highest BCUT2D eigenvalue weighted by Gasteiger charge is 2.30. The van der Waals surface area contributed by atoms with Crippen LogP contribution in [0.4, 0.5) is 0 Å². The molecule has 116 valence electrons. The van der Waals surface area contributed by atoms with Gasteiger partial charge in [-0.05, 0) is 55.7 Å². The van der Waals surface area contributed by atoms with Gasteiger partial charge >= 0.3 is 0 Å². The predicted molar refractivity (Wildman–Crippen MR) is 81.3 cm³/mol. The number of methoxy groups -OCH3 is 1. The van der Waals surface area contributed by atoms with E-state index < -0.39 is 0 Å². The Kier molecular flexibility index (Phi) is 3.56. The monoisotopic (exact) mass is 301 g/mol. The largest absolute Gasteiger partial charge is 0.504 e. The number of hydrogen-bond acceptors (Lipinski definition) is 4. The number of nitrogens with zero attached hydrogens (tertiary/aromatic N) is 1. The van der Waals surface area contributed by atoms with Crippen LogP contribution < -0.4 is 4.74 Å². The van der Waals surface area contributed by atoms with Crippen LogP contribution in [0.2, 0.25) is 0 Å². The van der Waals surface area contributed by atoms with E-state index in [1.807, 2.05) is 19.9 Å². The van der Waals surface area contributed by atoms with Crippen LogP contribution in [0.25, 0.3) is 0 Å². The fraction of sp³-hybridized carbons (Fsp3) is 0.353. The minimum absolute atomic E-state index is 0.101. The van der Waals surface area contributed by atoms with Crippen molar-refractivity contribution in [2.45, 2.75) is 26.3 Å². The molecular formula is C17H19NO4. The number of amides is 1. The molecule has 2 heterocycles. The highest BCUT2D eigenvalue weighted by atomic mass is 16.5. The predicted octanol–water partition coefficient (Wildman–Crippen LogP) is 3.06. The summed E-state index contributed by atoms with van der Waals surface area (Å²) < 4.78 is 10.6. The van der Waals surface area contributed by atoms with Crippen LogP contribution in [0.1, 0.15) is 40.4 Å². The van der Waals surface area contributed by atoms with Gasteiger partial charge in [0.1, 0.15) is 5.76 Å². The maximum absolute atomic E-state index is 12.6. The molecule has 0 radical (unpaired) electrons. The van der Waals surface area contributed by atoms with E-state index in [1.54, 1.807) is 23.1 Å². The maximum atomic E-state index is 12.6. The molecule has 0 saturated heterocycles. The first kappa shape index (κ1) is 14.5. The zero-order valence-corrected chi connectivity index (χ0v) is 12.9. The number of carbonyl (C=O) groups excluding carboxylic acids is 1. The van der Waals surface area contributed by atoms with Gasteiger partial charge < -0.3 is 19.2 Å². The summed E-state index contributed by atoms with van der Waals surface area (Å²) in [4.78, 5) is 14.4. The molecule has 1 aliphatic heterocycles. The summed E-state index contributed by atoms with van der Waals surface area (Å²) in [5.41, 5.74) is 2.04. The Labute approximate surface area is 129 Å². The Balaban J connectivity index is 1.93. The summed E-state index contributed by atoms with van der Waals surface area (Å²) in [7, 11) is 1.52. The Morgan fingerprint density at radius 3 is 2.82 bits per heavy atom. The third kappa shape index (κ3) is 2.32. The van der Waals surface area contributed by atoms with Gasteiger partial charge in [0.2, 0.25) is 0 Å². The van der Waals surface area contributed by atoms with Crippen LogP contribution >= 0.6 is 0 Å². The summed E-state index contributed by atoms with van der Waals surface area (Å²) in [6.07, 6.45) is 0.697. The number of rotatable bonds is 2. The zero-order chi connectivity index (χ0) is 15.9. The van der Waals surface area contributed by atoms with E-state index in [0.717, 1.165) is 16.9 Å². The number of furan rings is 1. The smallest absolute Gasteiger partial charge is 0.290 e. The molecule has 1 atom stereocenters. The number of phenolic OH excluding ortho intramolecular Hbond substituents is 1. The number of aryl methyl sites for hydroxylation is 1. The van der Waals surface area contributed by atoms with Crippen LogP contribution in [-0.2, 0) is 6.42 Å². The lowest BCUT2D eigenvalue weighted by Crippen LogP contribution is -2.38. The lowest BCUT2D eigenvalue weighted by molar-refractivity contribution is 0.0643. The molecule has 0 bridgehead atoms. The molecule has 0 fully saturated rings. The van der Waals surface area contributed by atoms with E-state index in [9.17, 15) is 9.90 Å². The van der Waals surface area contributed by atoms with E-state index in [-0.39, 0.29) is 17.7 Å². The Morgan fingerprint density at radius 1 is 1.41 bits per heavy atom. The van der Waals surface area contributed by atoms with Crippen LogP contribution in [-0.4, -0.2) is 29.6 Å². The Morgan fingerprint density at radius 2 is 2.18 bits per heavy atom. The molecule has 22 heavy (non-hydrogen) atoms. The minimum atomic E-state index is -0.113. The first-order valence-electron chi connectivity index (χ1n) is 7.28. The summed E-state index contributed by atoms with van der Waals surface area (Å²) >= 11 is 0. The van der Waals surface area contributed by atoms with Gasteiger partial charge in [0.15, 0.2) is 17.3 Å². The molecule has 1 amide bonds. The number of benzene rings is 1. The first-order valence-corrected chi connectivity index (χ1v) is 7.28. The second kappa shape index (κ2) is 5.40. The third-order valence-electron chi connectivity index (χ3n) is 4.19. The second-order valence-electron chi connectivity index (χ2n) is 5.56. The fourth-order valence-corrected chi connectivity index (χ4v) is 2.97. The average molecular weight is 301 g/mol. The van der Waals surface area contributed by atoms with Crippen molar-refractivity contribution in [2.24, 2.45) is 0 Å². The van der Waals surface area contributed by atoms with Crippen molar-refractivity contribution < 1.29 is 19.1 Å². The Bertz CT molecular complexity index is 719. The average Bonchev–Trinajstić information content (AvgIpc) is 2.93. The van der Waals surface area contributed by atoms with E-state index in [0.29, 0.717) is 24.5 Å². The van der Waals surface area contributed by atoms with Crippen molar-refractivity contribution in [3.63, 3.8) is 0 Å². The molecule has 5 nitrogen and oxygen atoms in total. The molecule has 2 aromatic rings. The van der Waals surface area contributed by atoms with Gasteiger partial charge in [0.05, 0.1) is 13.2 Å².